The minimum Gasteiger partial charge on any atom is -0.508 e. The Hall–Kier alpha value is -5.89. The molecule has 0 aliphatic heterocycles. The summed E-state index contributed by atoms with van der Waals surface area (Å²) in [5.41, 5.74) is 3.39. The number of guanidine groups is 1. The van der Waals surface area contributed by atoms with Crippen LogP contribution < -0.4 is 26.6 Å². The number of amidine groups is 1. The predicted octanol–water partition coefficient (Wildman–Crippen LogP) is 6.60. The van der Waals surface area contributed by atoms with Gasteiger partial charge in [0.05, 0.1) is 33.0 Å². The van der Waals surface area contributed by atoms with Crippen LogP contribution in [0.1, 0.15) is 47.1 Å². The Morgan fingerprint density at radius 3 is 2.06 bits per heavy atom. The number of nitrogens with one attached hydrogen (secondary N) is 5. The third-order valence-electron chi connectivity index (χ3n) is 6.86. The van der Waals surface area contributed by atoms with Gasteiger partial charge in [-0.25, -0.2) is 9.38 Å². The first-order valence-electron chi connectivity index (χ1n) is 17.6. The number of likely N-dealkylation sites (N-methyl/N-ethyl adjacent to an activating group) is 1. The van der Waals surface area contributed by atoms with E-state index in [1.165, 1.54) is 12.1 Å². The van der Waals surface area contributed by atoms with Crippen LogP contribution in [0.15, 0.2) is 126 Å². The molecule has 4 rings (SSSR count). The number of nitrogens with zero attached hydrogens (tertiary/aromatic N) is 2. The Balaban J connectivity index is 0.000000879. The lowest BCUT2D eigenvalue weighted by Gasteiger charge is -2.16. The highest BCUT2D eigenvalue weighted by Crippen LogP contribution is 2.15. The number of aliphatic imine (C=N–C) groups is 2. The number of carbonyl (C=O) groups is 2. The minimum atomic E-state index is -0.323. The average Bonchev–Trinajstić information content (AvgIpc) is 3.19. The van der Waals surface area contributed by atoms with E-state index in [-0.39, 0.29) is 24.0 Å². The number of hydrogen-bond acceptors (Lipinski definition) is 8. The number of rotatable bonds is 17. The summed E-state index contributed by atoms with van der Waals surface area (Å²) in [6.45, 7) is 13.4. The van der Waals surface area contributed by atoms with Crippen molar-refractivity contribution in [1.82, 2.24) is 16.0 Å². The molecular weight excluding hydrogens is 689 g/mol. The van der Waals surface area contributed by atoms with Crippen molar-refractivity contribution in [2.45, 2.75) is 27.3 Å². The van der Waals surface area contributed by atoms with E-state index in [9.17, 15) is 19.1 Å². The topological polar surface area (TPSA) is 158 Å². The van der Waals surface area contributed by atoms with Crippen LogP contribution in [0.5, 0.6) is 5.75 Å². The van der Waals surface area contributed by atoms with E-state index < -0.39 is 0 Å². The van der Waals surface area contributed by atoms with E-state index >= 15 is 0 Å². The van der Waals surface area contributed by atoms with Crippen molar-refractivity contribution in [2.24, 2.45) is 9.98 Å². The van der Waals surface area contributed by atoms with Crippen molar-refractivity contribution in [3.63, 3.8) is 0 Å². The number of aldehydes is 1. The fraction of sp³-hybridized carbons (Fsp3) is 0.268. The van der Waals surface area contributed by atoms with Crippen LogP contribution >= 0.6 is 0 Å². The van der Waals surface area contributed by atoms with Crippen molar-refractivity contribution in [2.75, 3.05) is 57.2 Å². The highest BCUT2D eigenvalue weighted by Gasteiger charge is 2.08. The van der Waals surface area contributed by atoms with Gasteiger partial charge in [0.2, 0.25) is 5.96 Å². The molecule has 0 fully saturated rings. The fourth-order valence-corrected chi connectivity index (χ4v) is 4.21. The molecule has 0 saturated carbocycles. The molecular formula is C41H52FN7O5. The Kier molecular flexibility index (Phi) is 22.0. The number of anilines is 2. The van der Waals surface area contributed by atoms with Crippen LogP contribution in [0.4, 0.5) is 15.8 Å². The minimum absolute atomic E-state index is 0.144. The van der Waals surface area contributed by atoms with Gasteiger partial charge in [0.1, 0.15) is 29.5 Å². The summed E-state index contributed by atoms with van der Waals surface area (Å²) in [5, 5.41) is 24.9. The Morgan fingerprint density at radius 2 is 1.44 bits per heavy atom. The summed E-state index contributed by atoms with van der Waals surface area (Å²) >= 11 is 0. The molecule has 0 aliphatic carbocycles. The van der Waals surface area contributed by atoms with Crippen LogP contribution in [0.25, 0.3) is 0 Å². The summed E-state index contributed by atoms with van der Waals surface area (Å²) in [6.07, 6.45) is 0.833. The van der Waals surface area contributed by atoms with Crippen LogP contribution in [0.2, 0.25) is 0 Å². The lowest BCUT2D eigenvalue weighted by molar-refractivity contribution is 0.0524. The van der Waals surface area contributed by atoms with Crippen molar-refractivity contribution >= 4 is 35.4 Å². The highest BCUT2D eigenvalue weighted by molar-refractivity contribution is 6.02. The van der Waals surface area contributed by atoms with Gasteiger partial charge < -0.3 is 41.2 Å². The monoisotopic (exact) mass is 741 g/mol. The van der Waals surface area contributed by atoms with E-state index in [1.54, 1.807) is 79.7 Å². The molecule has 0 aromatic heterocycles. The zero-order valence-corrected chi connectivity index (χ0v) is 31.4. The zero-order chi connectivity index (χ0) is 39.4. The number of phenols is 1. The number of ether oxygens (including phenoxy) is 2. The summed E-state index contributed by atoms with van der Waals surface area (Å²) in [7, 11) is 1.87. The molecule has 54 heavy (non-hydrogen) atoms. The van der Waals surface area contributed by atoms with E-state index in [0.717, 1.165) is 24.0 Å². The van der Waals surface area contributed by atoms with Crippen LogP contribution in [0, 0.1) is 5.82 Å². The number of hydrogen-bond donors (Lipinski definition) is 6. The normalized spacial score (nSPS) is 10.8. The standard InChI is InChI=1S/C32H40FN7O4.C7H6O.C2H6/c1-23(35-17-19-44-21-20-43-18-16-34-3)38-32(40-29-12-14-30(41)15-13-29)39-24(2)37-28-10-6-26(7-11-28)31(42)36-22-25-4-8-27(33)9-5-25;8-6-7-4-2-1-3-5-7;1-2/h4-15,34,37,41H,2,16-22H2,1,3H3,(H,36,42)(H2,35,38,39,40);1-6H;1-2H3. The average molecular weight is 742 g/mol. The number of phenolic OH excluding ortho intramolecular Hbond substituents is 1. The third kappa shape index (κ3) is 19.1. The fourth-order valence-electron chi connectivity index (χ4n) is 4.21. The van der Waals surface area contributed by atoms with Gasteiger partial charge in [-0.05, 0) is 80.2 Å². The molecule has 13 heteroatoms. The Bertz CT molecular complexity index is 1720. The van der Waals surface area contributed by atoms with E-state index in [1.807, 2.05) is 39.1 Å². The van der Waals surface area contributed by atoms with Crippen molar-refractivity contribution < 1.29 is 28.6 Å². The molecule has 0 aliphatic rings. The number of halogens is 1. The first-order valence-corrected chi connectivity index (χ1v) is 17.6. The molecule has 0 spiro atoms. The second-order valence-corrected chi connectivity index (χ2v) is 11.0. The maximum Gasteiger partial charge on any atom is 0.251 e. The SMILES string of the molecule is C=C(NC(=NC(C)=NCCOCCOCCNC)Nc1ccc(O)cc1)Nc1ccc(C(=O)NCc2ccc(F)cc2)cc1.CC.O=Cc1ccccc1. The second kappa shape index (κ2) is 26.8. The number of amides is 1. The van der Waals surface area contributed by atoms with Gasteiger partial charge in [-0.3, -0.25) is 14.6 Å². The van der Waals surface area contributed by atoms with Crippen LogP contribution in [-0.2, 0) is 16.0 Å². The van der Waals surface area contributed by atoms with Gasteiger partial charge in [0.25, 0.3) is 5.91 Å². The summed E-state index contributed by atoms with van der Waals surface area (Å²) < 4.78 is 24.1. The maximum absolute atomic E-state index is 13.1. The zero-order valence-electron chi connectivity index (χ0n) is 31.4. The smallest absolute Gasteiger partial charge is 0.251 e. The predicted molar refractivity (Wildman–Crippen MR) is 216 cm³/mol. The van der Waals surface area contributed by atoms with E-state index in [0.29, 0.717) is 67.5 Å². The molecule has 288 valence electrons. The molecule has 0 saturated heterocycles. The van der Waals surface area contributed by atoms with E-state index in [4.69, 9.17) is 9.47 Å². The molecule has 1 amide bonds. The molecule has 4 aromatic carbocycles. The van der Waals surface area contributed by atoms with Crippen molar-refractivity contribution in [1.29, 1.82) is 0 Å². The Labute approximate surface area is 317 Å². The number of carbonyl (C=O) groups excluding carboxylic acids is 2. The molecule has 12 nitrogen and oxygen atoms in total. The van der Waals surface area contributed by atoms with Gasteiger partial charge >= 0.3 is 0 Å². The largest absolute Gasteiger partial charge is 0.508 e. The summed E-state index contributed by atoms with van der Waals surface area (Å²) in [6, 6.07) is 28.5. The molecule has 6 N–H and O–H groups in total. The number of aromatic hydroxyl groups is 1. The molecule has 4 aromatic rings. The summed E-state index contributed by atoms with van der Waals surface area (Å²) in [5.74, 6) is 0.852. The van der Waals surface area contributed by atoms with Crippen LogP contribution in [0.3, 0.4) is 0 Å². The lowest BCUT2D eigenvalue weighted by Crippen LogP contribution is -2.33. The molecule has 0 bridgehead atoms. The van der Waals surface area contributed by atoms with Crippen molar-refractivity contribution in [3.8, 4) is 5.75 Å². The van der Waals surface area contributed by atoms with E-state index in [2.05, 4.69) is 43.1 Å². The lowest BCUT2D eigenvalue weighted by atomic mass is 10.1. The van der Waals surface area contributed by atoms with Gasteiger partial charge in [0.15, 0.2) is 0 Å². The van der Waals surface area contributed by atoms with Gasteiger partial charge in [-0.1, -0.05) is 62.9 Å². The molecule has 0 unspecified atom stereocenters. The first-order chi connectivity index (χ1) is 26.2. The summed E-state index contributed by atoms with van der Waals surface area (Å²) in [4.78, 5) is 31.5. The van der Waals surface area contributed by atoms with Crippen molar-refractivity contribution in [3.05, 3.63) is 138 Å². The molecule has 0 atom stereocenters. The first kappa shape index (κ1) is 44.3. The highest BCUT2D eigenvalue weighted by atomic mass is 19.1. The third-order valence-corrected chi connectivity index (χ3v) is 6.86. The number of benzene rings is 4. The van der Waals surface area contributed by atoms with Crippen LogP contribution in [-0.4, -0.2) is 75.7 Å². The quantitative estimate of drug-likeness (QED) is 0.0231. The molecule has 0 heterocycles. The maximum atomic E-state index is 13.1. The van der Waals surface area contributed by atoms with Gasteiger partial charge in [-0.2, -0.15) is 0 Å². The Morgan fingerprint density at radius 1 is 0.833 bits per heavy atom. The second-order valence-electron chi connectivity index (χ2n) is 11.0. The van der Waals surface area contributed by atoms with Gasteiger partial charge in [-0.15, -0.1) is 0 Å². The molecule has 0 radical (unpaired) electrons. The van der Waals surface area contributed by atoms with Gasteiger partial charge in [0, 0.05) is 35.6 Å².